The molecule has 2 atom stereocenters. The molecular formula is C9H20N4. The van der Waals surface area contributed by atoms with Gasteiger partial charge in [0.25, 0.3) is 0 Å². The topological polar surface area (TPSA) is 62.4 Å². The van der Waals surface area contributed by atoms with Gasteiger partial charge in [-0.3, -0.25) is 10.4 Å². The van der Waals surface area contributed by atoms with Crippen LogP contribution in [0.25, 0.3) is 0 Å². The summed E-state index contributed by atoms with van der Waals surface area (Å²) in [4.78, 5) is 4.00. The van der Waals surface area contributed by atoms with Gasteiger partial charge in [-0.05, 0) is 18.8 Å². The van der Waals surface area contributed by atoms with Crippen LogP contribution >= 0.6 is 0 Å². The quantitative estimate of drug-likeness (QED) is 0.242. The normalized spacial score (nSPS) is 29.9. The lowest BCUT2D eigenvalue weighted by atomic mass is 9.86. The zero-order valence-electron chi connectivity index (χ0n) is 8.51. The fourth-order valence-corrected chi connectivity index (χ4v) is 1.88. The molecule has 4 heteroatoms. The third-order valence-corrected chi connectivity index (χ3v) is 2.79. The third kappa shape index (κ3) is 2.88. The van der Waals surface area contributed by atoms with E-state index in [0.717, 1.165) is 5.92 Å². The summed E-state index contributed by atoms with van der Waals surface area (Å²) >= 11 is 0. The summed E-state index contributed by atoms with van der Waals surface area (Å²) < 4.78 is 0. The zero-order chi connectivity index (χ0) is 9.68. The molecule has 4 nitrogen and oxygen atoms in total. The molecule has 4 N–H and O–H groups in total. The number of hydrazine groups is 1. The molecule has 0 aromatic carbocycles. The summed E-state index contributed by atoms with van der Waals surface area (Å²) in [7, 11) is 1.73. The van der Waals surface area contributed by atoms with Crippen molar-refractivity contribution in [2.45, 2.75) is 38.6 Å². The smallest absolute Gasteiger partial charge is 0.205 e. The van der Waals surface area contributed by atoms with Crippen LogP contribution in [-0.2, 0) is 0 Å². The highest BCUT2D eigenvalue weighted by atomic mass is 15.3. The van der Waals surface area contributed by atoms with Gasteiger partial charge in [-0.25, -0.2) is 5.84 Å². The fraction of sp³-hybridized carbons (Fsp3) is 0.889. The van der Waals surface area contributed by atoms with Crippen molar-refractivity contribution >= 4 is 5.96 Å². The number of hydrogen-bond acceptors (Lipinski definition) is 2. The minimum atomic E-state index is 0.531. The van der Waals surface area contributed by atoms with E-state index in [2.05, 4.69) is 22.7 Å². The minimum Gasteiger partial charge on any atom is -0.352 e. The maximum Gasteiger partial charge on any atom is 0.205 e. The van der Waals surface area contributed by atoms with E-state index in [-0.39, 0.29) is 0 Å². The second kappa shape index (κ2) is 5.07. The second-order valence-electron chi connectivity index (χ2n) is 3.73. The maximum absolute atomic E-state index is 5.30. The molecule has 1 aliphatic rings. The zero-order valence-corrected chi connectivity index (χ0v) is 8.51. The van der Waals surface area contributed by atoms with Gasteiger partial charge in [0.05, 0.1) is 0 Å². The highest BCUT2D eigenvalue weighted by molar-refractivity contribution is 5.79. The largest absolute Gasteiger partial charge is 0.352 e. The second-order valence-corrected chi connectivity index (χ2v) is 3.73. The number of nitrogens with one attached hydrogen (secondary N) is 2. The van der Waals surface area contributed by atoms with E-state index in [1.165, 1.54) is 25.7 Å². The highest BCUT2D eigenvalue weighted by Gasteiger charge is 2.21. The van der Waals surface area contributed by atoms with E-state index in [0.29, 0.717) is 12.0 Å². The summed E-state index contributed by atoms with van der Waals surface area (Å²) in [6.45, 7) is 2.28. The van der Waals surface area contributed by atoms with E-state index >= 15 is 0 Å². The van der Waals surface area contributed by atoms with Gasteiger partial charge < -0.3 is 5.32 Å². The number of aliphatic imine (C=N–C) groups is 1. The molecule has 1 fully saturated rings. The van der Waals surface area contributed by atoms with Crippen LogP contribution in [0.1, 0.15) is 32.6 Å². The molecule has 76 valence electrons. The first kappa shape index (κ1) is 10.3. The molecule has 0 aliphatic heterocycles. The van der Waals surface area contributed by atoms with Gasteiger partial charge >= 0.3 is 0 Å². The predicted molar refractivity (Wildman–Crippen MR) is 55.2 cm³/mol. The first-order valence-corrected chi connectivity index (χ1v) is 4.98. The lowest BCUT2D eigenvalue weighted by Crippen LogP contribution is -2.49. The van der Waals surface area contributed by atoms with Crippen molar-refractivity contribution in [3.63, 3.8) is 0 Å². The van der Waals surface area contributed by atoms with Crippen molar-refractivity contribution in [2.75, 3.05) is 7.05 Å². The van der Waals surface area contributed by atoms with Gasteiger partial charge in [0.2, 0.25) is 5.96 Å². The first-order chi connectivity index (χ1) is 6.27. The average molecular weight is 184 g/mol. The minimum absolute atomic E-state index is 0.531. The van der Waals surface area contributed by atoms with Crippen LogP contribution in [0.5, 0.6) is 0 Å². The first-order valence-electron chi connectivity index (χ1n) is 4.98. The number of nitrogens with zero attached hydrogens (tertiary/aromatic N) is 1. The molecule has 0 aromatic heterocycles. The fourth-order valence-electron chi connectivity index (χ4n) is 1.88. The number of nitrogens with two attached hydrogens (primary N) is 1. The number of hydrogen-bond donors (Lipinski definition) is 3. The van der Waals surface area contributed by atoms with Crippen molar-refractivity contribution in [2.24, 2.45) is 16.8 Å². The Kier molecular flexibility index (Phi) is 4.02. The molecule has 0 heterocycles. The van der Waals surface area contributed by atoms with E-state index in [4.69, 9.17) is 5.84 Å². The van der Waals surface area contributed by atoms with Crippen molar-refractivity contribution < 1.29 is 0 Å². The van der Waals surface area contributed by atoms with Crippen molar-refractivity contribution in [3.05, 3.63) is 0 Å². The van der Waals surface area contributed by atoms with Gasteiger partial charge in [0, 0.05) is 13.1 Å². The molecule has 2 unspecified atom stereocenters. The van der Waals surface area contributed by atoms with Crippen LogP contribution in [0, 0.1) is 5.92 Å². The molecule has 1 aliphatic carbocycles. The molecule has 0 saturated heterocycles. The summed E-state index contributed by atoms with van der Waals surface area (Å²) in [6.07, 6.45) is 5.19. The van der Waals surface area contributed by atoms with Crippen LogP contribution in [0.2, 0.25) is 0 Å². The summed E-state index contributed by atoms with van der Waals surface area (Å²) in [5.41, 5.74) is 2.56. The third-order valence-electron chi connectivity index (χ3n) is 2.79. The van der Waals surface area contributed by atoms with Crippen molar-refractivity contribution in [1.82, 2.24) is 10.7 Å². The maximum atomic E-state index is 5.30. The number of rotatable bonds is 1. The Hall–Kier alpha value is -0.770. The Morgan fingerprint density at radius 1 is 1.38 bits per heavy atom. The molecule has 0 radical (unpaired) electrons. The Morgan fingerprint density at radius 3 is 2.62 bits per heavy atom. The van der Waals surface area contributed by atoms with Crippen LogP contribution < -0.4 is 16.6 Å². The summed E-state index contributed by atoms with van der Waals surface area (Å²) in [6, 6.07) is 0.531. The van der Waals surface area contributed by atoms with Crippen molar-refractivity contribution in [3.8, 4) is 0 Å². The lowest BCUT2D eigenvalue weighted by molar-refractivity contribution is 0.307. The van der Waals surface area contributed by atoms with Crippen LogP contribution in [0.15, 0.2) is 4.99 Å². The van der Waals surface area contributed by atoms with E-state index in [1.54, 1.807) is 7.05 Å². The van der Waals surface area contributed by atoms with Crippen LogP contribution in [0.4, 0.5) is 0 Å². The molecule has 0 spiro atoms. The molecule has 13 heavy (non-hydrogen) atoms. The summed E-state index contributed by atoms with van der Waals surface area (Å²) in [5.74, 6) is 6.72. The van der Waals surface area contributed by atoms with E-state index < -0.39 is 0 Å². The van der Waals surface area contributed by atoms with Crippen molar-refractivity contribution in [1.29, 1.82) is 0 Å². The lowest BCUT2D eigenvalue weighted by Gasteiger charge is -2.30. The predicted octanol–water partition coefficient (Wildman–Crippen LogP) is 0.604. The van der Waals surface area contributed by atoms with Gasteiger partial charge in [-0.2, -0.15) is 0 Å². The van der Waals surface area contributed by atoms with Gasteiger partial charge in [-0.1, -0.05) is 19.8 Å². The molecular weight excluding hydrogens is 164 g/mol. The Balaban J connectivity index is 2.41. The Labute approximate surface area is 80.0 Å². The average Bonchev–Trinajstić information content (AvgIpc) is 2.17. The van der Waals surface area contributed by atoms with Gasteiger partial charge in [0.15, 0.2) is 0 Å². The SMILES string of the molecule is CN=C(NN)NC1CCCCC1C. The Bertz CT molecular complexity index is 178. The van der Waals surface area contributed by atoms with Crippen LogP contribution in [0.3, 0.4) is 0 Å². The highest BCUT2D eigenvalue weighted by Crippen LogP contribution is 2.23. The molecule has 0 bridgehead atoms. The van der Waals surface area contributed by atoms with E-state index in [9.17, 15) is 0 Å². The molecule has 1 rings (SSSR count). The Morgan fingerprint density at radius 2 is 2.08 bits per heavy atom. The summed E-state index contributed by atoms with van der Waals surface area (Å²) in [5, 5.41) is 3.32. The van der Waals surface area contributed by atoms with Crippen LogP contribution in [-0.4, -0.2) is 19.0 Å². The molecule has 0 aromatic rings. The monoisotopic (exact) mass is 184 g/mol. The molecule has 1 saturated carbocycles. The number of guanidine groups is 1. The molecule has 0 amide bonds. The van der Waals surface area contributed by atoms with Gasteiger partial charge in [-0.15, -0.1) is 0 Å². The van der Waals surface area contributed by atoms with E-state index in [1.807, 2.05) is 0 Å². The van der Waals surface area contributed by atoms with Gasteiger partial charge in [0.1, 0.15) is 0 Å². The standard InChI is InChI=1S/C9H20N4/c1-7-5-3-4-6-8(7)12-9(11-2)13-10/h7-8H,3-6,10H2,1-2H3,(H2,11,12,13).